The lowest BCUT2D eigenvalue weighted by molar-refractivity contribution is -0.137. The molecule has 0 aliphatic heterocycles. The molecule has 2 N–H and O–H groups in total. The van der Waals surface area contributed by atoms with E-state index in [1.54, 1.807) is 37.3 Å². The lowest BCUT2D eigenvalue weighted by Crippen LogP contribution is -2.35. The number of esters is 1. The number of halogens is 3. The van der Waals surface area contributed by atoms with Crippen molar-refractivity contribution >= 4 is 29.3 Å². The summed E-state index contributed by atoms with van der Waals surface area (Å²) in [5, 5.41) is 4.84. The number of anilines is 2. The number of aromatic nitrogens is 1. The Morgan fingerprint density at radius 1 is 1.00 bits per heavy atom. The predicted octanol–water partition coefficient (Wildman–Crippen LogP) is 5.10. The Hall–Kier alpha value is -4.61. The topological polar surface area (TPSA) is 110 Å². The van der Waals surface area contributed by atoms with Crippen molar-refractivity contribution in [1.29, 1.82) is 0 Å². The van der Waals surface area contributed by atoms with Gasteiger partial charge in [-0.1, -0.05) is 0 Å². The van der Waals surface area contributed by atoms with Gasteiger partial charge >= 0.3 is 18.2 Å². The number of urea groups is 1. The summed E-state index contributed by atoms with van der Waals surface area (Å²) in [6.45, 7) is 1.84. The summed E-state index contributed by atoms with van der Waals surface area (Å²) in [5.74, 6) is -0.503. The molecule has 0 fully saturated rings. The molecule has 2 aromatic carbocycles. The second-order valence-electron chi connectivity index (χ2n) is 7.48. The highest BCUT2D eigenvalue weighted by atomic mass is 19.4. The van der Waals surface area contributed by atoms with E-state index in [0.29, 0.717) is 23.3 Å². The number of methoxy groups -OCH3 is 1. The van der Waals surface area contributed by atoms with E-state index in [1.807, 2.05) is 0 Å². The van der Waals surface area contributed by atoms with E-state index in [4.69, 9.17) is 4.74 Å². The molecule has 194 valence electrons. The summed E-state index contributed by atoms with van der Waals surface area (Å²) in [4.78, 5) is 42.0. The molecule has 9 nitrogen and oxygen atoms in total. The maximum Gasteiger partial charge on any atom is 0.416 e. The number of hydrogen-bond acceptors (Lipinski definition) is 6. The minimum Gasteiger partial charge on any atom is -0.465 e. The average Bonchev–Trinajstić information content (AvgIpc) is 2.88. The number of nitrogens with one attached hydrogen (secondary N) is 2. The molecule has 3 amide bonds. The Morgan fingerprint density at radius 2 is 1.70 bits per heavy atom. The van der Waals surface area contributed by atoms with E-state index in [9.17, 15) is 27.6 Å². The molecule has 0 bridgehead atoms. The highest BCUT2D eigenvalue weighted by Gasteiger charge is 2.32. The van der Waals surface area contributed by atoms with Crippen LogP contribution in [0, 0.1) is 0 Å². The molecule has 0 aliphatic rings. The van der Waals surface area contributed by atoms with Gasteiger partial charge in [-0.25, -0.2) is 9.59 Å². The molecule has 0 unspecified atom stereocenters. The number of carbonyl (C=O) groups is 3. The molecular weight excluding hydrogens is 493 g/mol. The number of amides is 3. The molecule has 0 saturated heterocycles. The third kappa shape index (κ3) is 6.54. The Bertz CT molecular complexity index is 1300. The van der Waals surface area contributed by atoms with Crippen molar-refractivity contribution < 1.29 is 37.0 Å². The lowest BCUT2D eigenvalue weighted by Gasteiger charge is -2.23. The van der Waals surface area contributed by atoms with Crippen molar-refractivity contribution in [3.8, 4) is 11.5 Å². The molecule has 3 aromatic rings. The minimum absolute atomic E-state index is 0.165. The summed E-state index contributed by atoms with van der Waals surface area (Å²) in [5.41, 5.74) is -1.01. The van der Waals surface area contributed by atoms with Gasteiger partial charge in [-0.2, -0.15) is 13.2 Å². The van der Waals surface area contributed by atoms with Crippen LogP contribution in [0.25, 0.3) is 0 Å². The molecule has 1 heterocycles. The number of ether oxygens (including phenoxy) is 2. The van der Waals surface area contributed by atoms with Crippen molar-refractivity contribution in [1.82, 2.24) is 10.3 Å². The van der Waals surface area contributed by atoms with Gasteiger partial charge in [0.15, 0.2) is 0 Å². The first kappa shape index (κ1) is 27.0. The van der Waals surface area contributed by atoms with Gasteiger partial charge in [-0.3, -0.25) is 14.7 Å². The van der Waals surface area contributed by atoms with Gasteiger partial charge < -0.3 is 20.1 Å². The Balaban J connectivity index is 1.81. The zero-order valence-corrected chi connectivity index (χ0v) is 20.1. The van der Waals surface area contributed by atoms with Crippen molar-refractivity contribution in [3.63, 3.8) is 0 Å². The van der Waals surface area contributed by atoms with Crippen LogP contribution >= 0.6 is 0 Å². The monoisotopic (exact) mass is 516 g/mol. The van der Waals surface area contributed by atoms with Gasteiger partial charge in [0.2, 0.25) is 0 Å². The molecule has 0 saturated carbocycles. The quantitative estimate of drug-likeness (QED) is 0.423. The Morgan fingerprint density at radius 3 is 2.30 bits per heavy atom. The smallest absolute Gasteiger partial charge is 0.416 e. The fraction of sp³-hybridized carbons (Fsp3) is 0.200. The van der Waals surface area contributed by atoms with Gasteiger partial charge in [0.25, 0.3) is 5.91 Å². The number of pyridine rings is 1. The van der Waals surface area contributed by atoms with E-state index in [2.05, 4.69) is 20.4 Å². The largest absolute Gasteiger partial charge is 0.465 e. The van der Waals surface area contributed by atoms with E-state index in [0.717, 1.165) is 19.2 Å². The second kappa shape index (κ2) is 11.4. The van der Waals surface area contributed by atoms with Crippen molar-refractivity contribution in [3.05, 3.63) is 77.6 Å². The summed E-state index contributed by atoms with van der Waals surface area (Å²) < 4.78 is 50.0. The van der Waals surface area contributed by atoms with Crippen LogP contribution < -0.4 is 20.3 Å². The molecular formula is C25H23F3N4O5. The molecule has 0 aliphatic carbocycles. The van der Waals surface area contributed by atoms with Gasteiger partial charge in [-0.05, 0) is 55.5 Å². The molecule has 1 aromatic heterocycles. The standard InChI is InChI=1S/C25H23F3N4O5/c1-4-32(24(35)31-20-13-15(25(26,27)28)5-10-19(20)23(34)36-3)16-6-8-17(9-7-16)37-18-11-12-30-21(14-18)22(33)29-2/h5-14H,4H2,1-3H3,(H,29,33)(H,31,35). The van der Waals surface area contributed by atoms with E-state index in [-0.39, 0.29) is 29.4 Å². The summed E-state index contributed by atoms with van der Waals surface area (Å²) >= 11 is 0. The maximum absolute atomic E-state index is 13.2. The van der Waals surface area contributed by atoms with Gasteiger partial charge in [-0.15, -0.1) is 0 Å². The molecule has 0 spiro atoms. The Labute approximate surface area is 210 Å². The number of rotatable bonds is 7. The normalized spacial score (nSPS) is 10.9. The first-order valence-electron chi connectivity index (χ1n) is 10.9. The fourth-order valence-corrected chi connectivity index (χ4v) is 3.30. The highest BCUT2D eigenvalue weighted by Crippen LogP contribution is 2.33. The molecule has 0 radical (unpaired) electrons. The summed E-state index contributed by atoms with van der Waals surface area (Å²) in [7, 11) is 2.56. The maximum atomic E-state index is 13.2. The van der Waals surface area contributed by atoms with Crippen LogP contribution in [0.3, 0.4) is 0 Å². The molecule has 0 atom stereocenters. The average molecular weight is 516 g/mol. The predicted molar refractivity (Wildman–Crippen MR) is 129 cm³/mol. The summed E-state index contributed by atoms with van der Waals surface area (Å²) in [6, 6.07) is 10.9. The van der Waals surface area contributed by atoms with Crippen molar-refractivity contribution in [2.24, 2.45) is 0 Å². The first-order valence-corrected chi connectivity index (χ1v) is 10.9. The zero-order valence-electron chi connectivity index (χ0n) is 20.1. The highest BCUT2D eigenvalue weighted by molar-refractivity contribution is 6.06. The van der Waals surface area contributed by atoms with Gasteiger partial charge in [0.1, 0.15) is 17.2 Å². The fourth-order valence-electron chi connectivity index (χ4n) is 3.30. The van der Waals surface area contributed by atoms with Crippen LogP contribution in [0.2, 0.25) is 0 Å². The molecule has 37 heavy (non-hydrogen) atoms. The number of nitrogens with zero attached hydrogens (tertiary/aromatic N) is 2. The third-order valence-electron chi connectivity index (χ3n) is 5.13. The lowest BCUT2D eigenvalue weighted by atomic mass is 10.1. The second-order valence-corrected chi connectivity index (χ2v) is 7.48. The SMILES string of the molecule is CCN(C(=O)Nc1cc(C(F)(F)F)ccc1C(=O)OC)c1ccc(Oc2ccnc(C(=O)NC)c2)cc1. The molecule has 3 rings (SSSR count). The van der Waals surface area contributed by atoms with Crippen LogP contribution in [-0.4, -0.2) is 43.6 Å². The van der Waals surface area contributed by atoms with Crippen LogP contribution in [0.1, 0.15) is 33.3 Å². The van der Waals surface area contributed by atoms with Crippen molar-refractivity contribution in [2.45, 2.75) is 13.1 Å². The number of hydrogen-bond donors (Lipinski definition) is 2. The summed E-state index contributed by atoms with van der Waals surface area (Å²) in [6.07, 6.45) is -3.25. The van der Waals surface area contributed by atoms with Crippen LogP contribution in [0.4, 0.5) is 29.3 Å². The van der Waals surface area contributed by atoms with E-state index >= 15 is 0 Å². The van der Waals surface area contributed by atoms with Crippen molar-refractivity contribution in [2.75, 3.05) is 30.9 Å². The first-order chi connectivity index (χ1) is 17.6. The minimum atomic E-state index is -4.68. The third-order valence-corrected chi connectivity index (χ3v) is 5.13. The van der Waals surface area contributed by atoms with Crippen LogP contribution in [0.5, 0.6) is 11.5 Å². The van der Waals surface area contributed by atoms with Gasteiger partial charge in [0.05, 0.1) is 23.9 Å². The molecule has 12 heteroatoms. The van der Waals surface area contributed by atoms with E-state index < -0.39 is 23.7 Å². The van der Waals surface area contributed by atoms with Crippen LogP contribution in [-0.2, 0) is 10.9 Å². The Kier molecular flexibility index (Phi) is 8.33. The zero-order chi connectivity index (χ0) is 27.2. The number of benzene rings is 2. The van der Waals surface area contributed by atoms with Gasteiger partial charge in [0, 0.05) is 31.5 Å². The van der Waals surface area contributed by atoms with Crippen LogP contribution in [0.15, 0.2) is 60.8 Å². The number of alkyl halides is 3. The number of carbonyl (C=O) groups excluding carboxylic acids is 3. The van der Waals surface area contributed by atoms with E-state index in [1.165, 1.54) is 24.2 Å².